The first kappa shape index (κ1) is 10.7. The molecule has 0 amide bonds. The van der Waals surface area contributed by atoms with Crippen LogP contribution in [0.1, 0.15) is 0 Å². The zero-order valence-corrected chi connectivity index (χ0v) is 9.52. The summed E-state index contributed by atoms with van der Waals surface area (Å²) in [6.07, 6.45) is 3.37. The van der Waals surface area contributed by atoms with Gasteiger partial charge in [0.25, 0.3) is 0 Å². The Kier molecular flexibility index (Phi) is 2.92. The van der Waals surface area contributed by atoms with Gasteiger partial charge in [-0.05, 0) is 24.3 Å². The van der Waals surface area contributed by atoms with E-state index in [2.05, 4.69) is 9.97 Å². The zero-order chi connectivity index (χ0) is 11.5. The van der Waals surface area contributed by atoms with Gasteiger partial charge in [0.05, 0.1) is 10.7 Å². The highest BCUT2D eigenvalue weighted by Crippen LogP contribution is 2.29. The molecule has 0 fully saturated rings. The molecule has 0 spiro atoms. The Morgan fingerprint density at radius 2 is 1.94 bits per heavy atom. The second-order valence-corrected chi connectivity index (χ2v) is 3.73. The number of benzene rings is 1. The van der Waals surface area contributed by atoms with Crippen molar-refractivity contribution in [2.45, 2.75) is 0 Å². The van der Waals surface area contributed by atoms with E-state index in [9.17, 15) is 0 Å². The molecule has 2 N–H and O–H groups in total. The molecule has 1 aromatic heterocycles. The third-order valence-electron chi connectivity index (χ3n) is 2.19. The van der Waals surface area contributed by atoms with Crippen LogP contribution in [0.15, 0.2) is 36.7 Å². The van der Waals surface area contributed by atoms with Gasteiger partial charge in [-0.1, -0.05) is 11.6 Å². The topological polar surface area (TPSA) is 55.0 Å². The fourth-order valence-corrected chi connectivity index (χ4v) is 1.68. The predicted molar refractivity (Wildman–Crippen MR) is 66.0 cm³/mol. The van der Waals surface area contributed by atoms with Crippen molar-refractivity contribution < 1.29 is 0 Å². The smallest absolute Gasteiger partial charge is 0.229 e. The van der Waals surface area contributed by atoms with E-state index in [0.717, 1.165) is 5.69 Å². The Hall–Kier alpha value is -1.81. The van der Waals surface area contributed by atoms with E-state index in [1.165, 1.54) is 0 Å². The summed E-state index contributed by atoms with van der Waals surface area (Å²) in [5.74, 6) is 0.592. The molecule has 2 rings (SSSR count). The molecular formula is C11H11ClN4. The molecule has 5 heteroatoms. The van der Waals surface area contributed by atoms with Crippen molar-refractivity contribution in [2.24, 2.45) is 0 Å². The minimum absolute atomic E-state index is 0.579. The highest BCUT2D eigenvalue weighted by atomic mass is 35.5. The van der Waals surface area contributed by atoms with Gasteiger partial charge in [-0.25, -0.2) is 9.97 Å². The zero-order valence-electron chi connectivity index (χ0n) is 8.76. The third kappa shape index (κ3) is 2.06. The Labute approximate surface area is 98.7 Å². The molecule has 82 valence electrons. The molecule has 0 aliphatic carbocycles. The molecule has 0 radical (unpaired) electrons. The Morgan fingerprint density at radius 3 is 2.56 bits per heavy atom. The SMILES string of the molecule is CN(c1ncccn1)c1ccc(N)cc1Cl. The highest BCUT2D eigenvalue weighted by Gasteiger charge is 2.09. The van der Waals surface area contributed by atoms with Crippen LogP contribution < -0.4 is 10.6 Å². The highest BCUT2D eigenvalue weighted by molar-refractivity contribution is 6.33. The fourth-order valence-electron chi connectivity index (χ4n) is 1.37. The Balaban J connectivity index is 2.38. The van der Waals surface area contributed by atoms with Gasteiger partial charge >= 0.3 is 0 Å². The van der Waals surface area contributed by atoms with Crippen LogP contribution in [0.5, 0.6) is 0 Å². The van der Waals surface area contributed by atoms with E-state index in [4.69, 9.17) is 17.3 Å². The number of anilines is 3. The van der Waals surface area contributed by atoms with Gasteiger partial charge in [0.1, 0.15) is 0 Å². The van der Waals surface area contributed by atoms with Crippen LogP contribution >= 0.6 is 11.6 Å². The number of hydrogen-bond donors (Lipinski definition) is 1. The third-order valence-corrected chi connectivity index (χ3v) is 2.49. The van der Waals surface area contributed by atoms with E-state index in [1.54, 1.807) is 30.6 Å². The number of nitrogen functional groups attached to an aromatic ring is 1. The molecular weight excluding hydrogens is 224 g/mol. The van der Waals surface area contributed by atoms with Crippen molar-refractivity contribution in [1.29, 1.82) is 0 Å². The summed E-state index contributed by atoms with van der Waals surface area (Å²) in [5.41, 5.74) is 7.09. The number of nitrogens with two attached hydrogens (primary N) is 1. The summed E-state index contributed by atoms with van der Waals surface area (Å²) in [4.78, 5) is 10.1. The van der Waals surface area contributed by atoms with E-state index >= 15 is 0 Å². The summed E-state index contributed by atoms with van der Waals surface area (Å²) in [5, 5.41) is 0.579. The fraction of sp³-hybridized carbons (Fsp3) is 0.0909. The van der Waals surface area contributed by atoms with Crippen molar-refractivity contribution in [2.75, 3.05) is 17.7 Å². The van der Waals surface area contributed by atoms with Gasteiger partial charge in [-0.2, -0.15) is 0 Å². The van der Waals surface area contributed by atoms with Crippen LogP contribution in [0.3, 0.4) is 0 Å². The lowest BCUT2D eigenvalue weighted by atomic mass is 10.2. The Bertz CT molecular complexity index is 487. The second-order valence-electron chi connectivity index (χ2n) is 3.32. The van der Waals surface area contributed by atoms with Gasteiger partial charge in [0.15, 0.2) is 0 Å². The van der Waals surface area contributed by atoms with Crippen LogP contribution in [0.4, 0.5) is 17.3 Å². The van der Waals surface area contributed by atoms with Crippen molar-refractivity contribution >= 4 is 28.9 Å². The molecule has 0 aliphatic rings. The van der Waals surface area contributed by atoms with Crippen molar-refractivity contribution in [3.8, 4) is 0 Å². The molecule has 0 aliphatic heterocycles. The minimum atomic E-state index is 0.579. The molecule has 16 heavy (non-hydrogen) atoms. The maximum absolute atomic E-state index is 6.10. The number of hydrogen-bond acceptors (Lipinski definition) is 4. The van der Waals surface area contributed by atoms with Gasteiger partial charge in [-0.3, -0.25) is 0 Å². The molecule has 0 unspecified atom stereocenters. The van der Waals surface area contributed by atoms with E-state index in [1.807, 2.05) is 18.0 Å². The maximum Gasteiger partial charge on any atom is 0.229 e. The molecule has 2 aromatic rings. The normalized spacial score (nSPS) is 10.1. The standard InChI is InChI=1S/C11H11ClN4/c1-16(11-14-5-2-6-15-11)10-4-3-8(13)7-9(10)12/h2-7H,13H2,1H3. The lowest BCUT2D eigenvalue weighted by molar-refractivity contribution is 1.04. The molecule has 1 aromatic carbocycles. The number of nitrogens with zero attached hydrogens (tertiary/aromatic N) is 3. The molecule has 0 bridgehead atoms. The second kappa shape index (κ2) is 4.37. The molecule has 4 nitrogen and oxygen atoms in total. The largest absolute Gasteiger partial charge is 0.399 e. The molecule has 0 saturated carbocycles. The van der Waals surface area contributed by atoms with Crippen molar-refractivity contribution in [1.82, 2.24) is 9.97 Å². The minimum Gasteiger partial charge on any atom is -0.399 e. The number of halogens is 1. The van der Waals surface area contributed by atoms with Crippen LogP contribution in [0.2, 0.25) is 5.02 Å². The summed E-state index contributed by atoms with van der Waals surface area (Å²) in [6.45, 7) is 0. The van der Waals surface area contributed by atoms with Crippen LogP contribution in [0, 0.1) is 0 Å². The predicted octanol–water partition coefficient (Wildman–Crippen LogP) is 2.48. The van der Waals surface area contributed by atoms with Gasteiger partial charge in [-0.15, -0.1) is 0 Å². The average molecular weight is 235 g/mol. The lowest BCUT2D eigenvalue weighted by Crippen LogP contribution is -2.13. The first-order chi connectivity index (χ1) is 7.68. The molecule has 1 heterocycles. The van der Waals surface area contributed by atoms with Gasteiger partial charge in [0, 0.05) is 25.1 Å². The maximum atomic E-state index is 6.10. The average Bonchev–Trinajstić information content (AvgIpc) is 2.29. The molecule has 0 saturated heterocycles. The number of aromatic nitrogens is 2. The summed E-state index contributed by atoms with van der Waals surface area (Å²) in [7, 11) is 1.85. The van der Waals surface area contributed by atoms with Gasteiger partial charge < -0.3 is 10.6 Å². The van der Waals surface area contributed by atoms with Crippen LogP contribution in [-0.2, 0) is 0 Å². The first-order valence-corrected chi connectivity index (χ1v) is 5.12. The monoisotopic (exact) mass is 234 g/mol. The van der Waals surface area contributed by atoms with E-state index in [0.29, 0.717) is 16.7 Å². The van der Waals surface area contributed by atoms with Crippen molar-refractivity contribution in [3.05, 3.63) is 41.7 Å². The van der Waals surface area contributed by atoms with E-state index in [-0.39, 0.29) is 0 Å². The van der Waals surface area contributed by atoms with Crippen LogP contribution in [0.25, 0.3) is 0 Å². The number of rotatable bonds is 2. The van der Waals surface area contributed by atoms with E-state index < -0.39 is 0 Å². The van der Waals surface area contributed by atoms with Gasteiger partial charge in [0.2, 0.25) is 5.95 Å². The van der Waals surface area contributed by atoms with Crippen molar-refractivity contribution in [3.63, 3.8) is 0 Å². The molecule has 0 atom stereocenters. The lowest BCUT2D eigenvalue weighted by Gasteiger charge is -2.18. The summed E-state index contributed by atoms with van der Waals surface area (Å²) in [6, 6.07) is 7.10. The Morgan fingerprint density at radius 1 is 1.25 bits per heavy atom. The van der Waals surface area contributed by atoms with Crippen LogP contribution in [-0.4, -0.2) is 17.0 Å². The first-order valence-electron chi connectivity index (χ1n) is 4.74. The quantitative estimate of drug-likeness (QED) is 0.812. The summed E-state index contributed by atoms with van der Waals surface area (Å²) < 4.78 is 0. The summed E-state index contributed by atoms with van der Waals surface area (Å²) >= 11 is 6.10.